The SMILES string of the molecule is Cc1c(C(=O)N2CCC(N3CCNCC3)C2)oc2c1ccc1ccccc12.Cl. The van der Waals surface area contributed by atoms with Crippen molar-refractivity contribution >= 4 is 40.1 Å². The number of halogens is 1. The largest absolute Gasteiger partial charge is 0.450 e. The van der Waals surface area contributed by atoms with Crippen molar-refractivity contribution in [2.24, 2.45) is 0 Å². The third-order valence-corrected chi connectivity index (χ3v) is 6.14. The summed E-state index contributed by atoms with van der Waals surface area (Å²) in [6, 6.07) is 12.8. The van der Waals surface area contributed by atoms with Crippen LogP contribution in [0.1, 0.15) is 22.5 Å². The van der Waals surface area contributed by atoms with E-state index in [0.29, 0.717) is 11.8 Å². The van der Waals surface area contributed by atoms with Gasteiger partial charge in [0.15, 0.2) is 5.76 Å². The number of hydrogen-bond donors (Lipinski definition) is 1. The fraction of sp³-hybridized carbons (Fsp3) is 0.409. The maximum Gasteiger partial charge on any atom is 0.289 e. The zero-order valence-corrected chi connectivity index (χ0v) is 16.9. The highest BCUT2D eigenvalue weighted by Crippen LogP contribution is 2.33. The molecule has 2 aliphatic rings. The number of benzene rings is 2. The van der Waals surface area contributed by atoms with Gasteiger partial charge in [0.2, 0.25) is 0 Å². The maximum absolute atomic E-state index is 13.2. The van der Waals surface area contributed by atoms with Crippen molar-refractivity contribution in [3.05, 3.63) is 47.7 Å². The van der Waals surface area contributed by atoms with Crippen LogP contribution in [0.15, 0.2) is 40.8 Å². The average molecular weight is 400 g/mol. The molecule has 0 bridgehead atoms. The summed E-state index contributed by atoms with van der Waals surface area (Å²) >= 11 is 0. The summed E-state index contributed by atoms with van der Waals surface area (Å²) < 4.78 is 6.15. The van der Waals surface area contributed by atoms with Gasteiger partial charge in [-0.3, -0.25) is 9.69 Å². The van der Waals surface area contributed by atoms with Crippen molar-refractivity contribution < 1.29 is 9.21 Å². The van der Waals surface area contributed by atoms with Crippen LogP contribution in [0, 0.1) is 6.92 Å². The van der Waals surface area contributed by atoms with Gasteiger partial charge >= 0.3 is 0 Å². The number of amides is 1. The predicted molar refractivity (Wildman–Crippen MR) is 114 cm³/mol. The third kappa shape index (κ3) is 3.17. The number of likely N-dealkylation sites (tertiary alicyclic amines) is 1. The van der Waals surface area contributed by atoms with E-state index in [1.807, 2.05) is 24.0 Å². The van der Waals surface area contributed by atoms with Gasteiger partial charge in [-0.05, 0) is 18.7 Å². The zero-order valence-electron chi connectivity index (χ0n) is 16.1. The van der Waals surface area contributed by atoms with Gasteiger partial charge in [0.05, 0.1) is 0 Å². The van der Waals surface area contributed by atoms with E-state index in [-0.39, 0.29) is 18.3 Å². The number of rotatable bonds is 2. The highest BCUT2D eigenvalue weighted by atomic mass is 35.5. The van der Waals surface area contributed by atoms with Crippen LogP contribution in [0.3, 0.4) is 0 Å². The standard InChI is InChI=1S/C22H25N3O2.ClH/c1-15-18-7-6-16-4-2-3-5-19(16)21(18)27-20(15)22(26)25-11-8-17(14-25)24-12-9-23-10-13-24;/h2-7,17,23H,8-14H2,1H3;1H. The zero-order chi connectivity index (χ0) is 18.4. The quantitative estimate of drug-likeness (QED) is 0.717. The molecule has 3 heterocycles. The van der Waals surface area contributed by atoms with Crippen LogP contribution in [0.5, 0.6) is 0 Å². The van der Waals surface area contributed by atoms with Gasteiger partial charge in [-0.15, -0.1) is 12.4 Å². The Morgan fingerprint density at radius 2 is 1.86 bits per heavy atom. The lowest BCUT2D eigenvalue weighted by molar-refractivity contribution is 0.0743. The molecule has 2 fully saturated rings. The van der Waals surface area contributed by atoms with Crippen molar-refractivity contribution in [1.29, 1.82) is 0 Å². The van der Waals surface area contributed by atoms with E-state index in [1.54, 1.807) is 0 Å². The van der Waals surface area contributed by atoms with Crippen LogP contribution < -0.4 is 5.32 Å². The molecule has 1 N–H and O–H groups in total. The number of fused-ring (bicyclic) bond motifs is 3. The van der Waals surface area contributed by atoms with Gasteiger partial charge in [-0.2, -0.15) is 0 Å². The Morgan fingerprint density at radius 1 is 1.07 bits per heavy atom. The summed E-state index contributed by atoms with van der Waals surface area (Å²) in [6.45, 7) is 7.84. The first-order valence-corrected chi connectivity index (χ1v) is 9.87. The predicted octanol–water partition coefficient (Wildman–Crippen LogP) is 3.44. The summed E-state index contributed by atoms with van der Waals surface area (Å²) in [5.41, 5.74) is 1.78. The summed E-state index contributed by atoms with van der Waals surface area (Å²) in [5.74, 6) is 0.535. The normalized spacial score (nSPS) is 20.6. The topological polar surface area (TPSA) is 48.7 Å². The Labute approximate surface area is 171 Å². The minimum Gasteiger partial charge on any atom is -0.450 e. The third-order valence-electron chi connectivity index (χ3n) is 6.14. The number of carbonyl (C=O) groups excluding carboxylic acids is 1. The summed E-state index contributed by atoms with van der Waals surface area (Å²) in [5, 5.41) is 6.64. The van der Waals surface area contributed by atoms with E-state index in [9.17, 15) is 4.79 Å². The van der Waals surface area contributed by atoms with Crippen molar-refractivity contribution in [2.75, 3.05) is 39.3 Å². The van der Waals surface area contributed by atoms with E-state index in [1.165, 1.54) is 0 Å². The molecule has 5 rings (SSSR count). The second-order valence-electron chi connectivity index (χ2n) is 7.70. The number of hydrogen-bond acceptors (Lipinski definition) is 4. The van der Waals surface area contributed by atoms with Gasteiger partial charge in [0, 0.05) is 61.6 Å². The van der Waals surface area contributed by atoms with Crippen molar-refractivity contribution in [2.45, 2.75) is 19.4 Å². The first-order chi connectivity index (χ1) is 13.2. The lowest BCUT2D eigenvalue weighted by Crippen LogP contribution is -2.49. The molecular weight excluding hydrogens is 374 g/mol. The van der Waals surface area contributed by atoms with Crippen LogP contribution in [0.2, 0.25) is 0 Å². The highest BCUT2D eigenvalue weighted by Gasteiger charge is 2.33. The van der Waals surface area contributed by atoms with Gasteiger partial charge in [0.25, 0.3) is 5.91 Å². The van der Waals surface area contributed by atoms with Crippen LogP contribution in [-0.4, -0.2) is 61.0 Å². The van der Waals surface area contributed by atoms with Crippen molar-refractivity contribution in [3.63, 3.8) is 0 Å². The van der Waals surface area contributed by atoms with Crippen LogP contribution in [0.4, 0.5) is 0 Å². The Bertz CT molecular complexity index is 1010. The second-order valence-corrected chi connectivity index (χ2v) is 7.70. The Hall–Kier alpha value is -2.08. The molecule has 148 valence electrons. The van der Waals surface area contributed by atoms with E-state index in [2.05, 4.69) is 34.5 Å². The van der Waals surface area contributed by atoms with Crippen LogP contribution in [-0.2, 0) is 0 Å². The molecule has 2 saturated heterocycles. The Kier molecular flexibility index (Phi) is 5.32. The molecular formula is C22H26ClN3O2. The monoisotopic (exact) mass is 399 g/mol. The fourth-order valence-corrected chi connectivity index (χ4v) is 4.57. The highest BCUT2D eigenvalue weighted by molar-refractivity contribution is 6.08. The van der Waals surface area contributed by atoms with Gasteiger partial charge in [-0.25, -0.2) is 0 Å². The minimum absolute atomic E-state index is 0. The lowest BCUT2D eigenvalue weighted by atomic mass is 10.1. The van der Waals surface area contributed by atoms with E-state index in [0.717, 1.165) is 73.0 Å². The number of aryl methyl sites for hydroxylation is 1. The Morgan fingerprint density at radius 3 is 2.68 bits per heavy atom. The van der Waals surface area contributed by atoms with E-state index < -0.39 is 0 Å². The molecule has 0 radical (unpaired) electrons. The van der Waals surface area contributed by atoms with Crippen LogP contribution in [0.25, 0.3) is 21.7 Å². The summed E-state index contributed by atoms with van der Waals surface area (Å²) in [7, 11) is 0. The molecule has 1 unspecified atom stereocenters. The van der Waals surface area contributed by atoms with Gasteiger partial charge < -0.3 is 14.6 Å². The number of piperazine rings is 1. The molecule has 2 aromatic carbocycles. The molecule has 1 atom stereocenters. The first-order valence-electron chi connectivity index (χ1n) is 9.87. The first kappa shape index (κ1) is 19.2. The maximum atomic E-state index is 13.2. The number of carbonyl (C=O) groups is 1. The number of nitrogens with one attached hydrogen (secondary N) is 1. The van der Waals surface area contributed by atoms with Gasteiger partial charge in [0.1, 0.15) is 5.58 Å². The Balaban J connectivity index is 0.00000192. The molecule has 3 aromatic rings. The molecule has 0 saturated carbocycles. The molecule has 1 amide bonds. The molecule has 1 aromatic heterocycles. The number of furan rings is 1. The lowest BCUT2D eigenvalue weighted by Gasteiger charge is -2.32. The fourth-order valence-electron chi connectivity index (χ4n) is 4.57. The van der Waals surface area contributed by atoms with E-state index in [4.69, 9.17) is 4.42 Å². The smallest absolute Gasteiger partial charge is 0.289 e. The summed E-state index contributed by atoms with van der Waals surface area (Å²) in [4.78, 5) is 17.7. The van der Waals surface area contributed by atoms with Crippen LogP contribution >= 0.6 is 12.4 Å². The molecule has 0 spiro atoms. The summed E-state index contributed by atoms with van der Waals surface area (Å²) in [6.07, 6.45) is 1.05. The van der Waals surface area contributed by atoms with E-state index >= 15 is 0 Å². The van der Waals surface area contributed by atoms with Crippen molar-refractivity contribution in [3.8, 4) is 0 Å². The molecule has 5 nitrogen and oxygen atoms in total. The van der Waals surface area contributed by atoms with Gasteiger partial charge in [-0.1, -0.05) is 36.4 Å². The minimum atomic E-state index is 0. The second kappa shape index (κ2) is 7.74. The number of nitrogens with zero attached hydrogens (tertiary/aromatic N) is 2. The molecule has 0 aliphatic carbocycles. The molecule has 6 heteroatoms. The molecule has 28 heavy (non-hydrogen) atoms. The average Bonchev–Trinajstić information content (AvgIpc) is 3.34. The molecule has 2 aliphatic heterocycles. The van der Waals surface area contributed by atoms with Crippen molar-refractivity contribution in [1.82, 2.24) is 15.1 Å².